The SMILES string of the molecule is CCC(CC(=O)O)(c1ccc(Cl)c([C@H](C)O)c1)c1ccc2c(nnn2CCCCOCc2ccccc2)c1C. The van der Waals surface area contributed by atoms with Gasteiger partial charge in [0.05, 0.1) is 24.6 Å². The van der Waals surface area contributed by atoms with Gasteiger partial charge in [-0.1, -0.05) is 72.3 Å². The molecule has 0 bridgehead atoms. The van der Waals surface area contributed by atoms with Crippen molar-refractivity contribution >= 4 is 28.6 Å². The minimum Gasteiger partial charge on any atom is -0.481 e. The van der Waals surface area contributed by atoms with Crippen LogP contribution in [0.2, 0.25) is 5.02 Å². The van der Waals surface area contributed by atoms with Crippen LogP contribution in [-0.2, 0) is 28.1 Å². The first-order valence-corrected chi connectivity index (χ1v) is 13.8. The number of fused-ring (bicyclic) bond motifs is 1. The zero-order valence-corrected chi connectivity index (χ0v) is 23.5. The molecule has 0 aliphatic carbocycles. The van der Waals surface area contributed by atoms with Crippen molar-refractivity contribution in [3.63, 3.8) is 0 Å². The molecule has 1 heterocycles. The largest absolute Gasteiger partial charge is 0.481 e. The van der Waals surface area contributed by atoms with Crippen LogP contribution in [0.1, 0.15) is 73.5 Å². The van der Waals surface area contributed by atoms with Crippen LogP contribution in [0.25, 0.3) is 11.0 Å². The molecule has 0 spiro atoms. The Bertz CT molecular complexity index is 1420. The highest BCUT2D eigenvalue weighted by atomic mass is 35.5. The number of hydrogen-bond donors (Lipinski definition) is 2. The van der Waals surface area contributed by atoms with Crippen molar-refractivity contribution in [3.8, 4) is 0 Å². The van der Waals surface area contributed by atoms with Gasteiger partial charge in [-0.25, -0.2) is 4.68 Å². The summed E-state index contributed by atoms with van der Waals surface area (Å²) in [6.45, 7) is 7.62. The number of carbonyl (C=O) groups is 1. The number of ether oxygens (including phenoxy) is 1. The molecule has 0 radical (unpaired) electrons. The van der Waals surface area contributed by atoms with Gasteiger partial charge in [0.15, 0.2) is 0 Å². The molecule has 4 rings (SSSR count). The summed E-state index contributed by atoms with van der Waals surface area (Å²) < 4.78 is 7.70. The van der Waals surface area contributed by atoms with Crippen molar-refractivity contribution in [1.82, 2.24) is 15.0 Å². The average Bonchev–Trinajstić information content (AvgIpc) is 3.34. The smallest absolute Gasteiger partial charge is 0.304 e. The summed E-state index contributed by atoms with van der Waals surface area (Å²) in [5, 5.41) is 29.6. The molecule has 0 aliphatic rings. The van der Waals surface area contributed by atoms with Crippen LogP contribution in [0.4, 0.5) is 0 Å². The quantitative estimate of drug-likeness (QED) is 0.182. The van der Waals surface area contributed by atoms with Gasteiger partial charge in [0, 0.05) is 23.6 Å². The van der Waals surface area contributed by atoms with E-state index in [9.17, 15) is 15.0 Å². The molecule has 0 saturated carbocycles. The predicted molar refractivity (Wildman–Crippen MR) is 153 cm³/mol. The molecule has 0 amide bonds. The maximum atomic E-state index is 12.1. The van der Waals surface area contributed by atoms with E-state index in [1.165, 1.54) is 0 Å². The van der Waals surface area contributed by atoms with E-state index in [0.29, 0.717) is 36.8 Å². The van der Waals surface area contributed by atoms with Crippen LogP contribution < -0.4 is 0 Å². The van der Waals surface area contributed by atoms with Gasteiger partial charge in [-0.15, -0.1) is 5.10 Å². The Labute approximate surface area is 234 Å². The number of nitrogens with zero attached hydrogens (tertiary/aromatic N) is 3. The minimum absolute atomic E-state index is 0.103. The average molecular weight is 550 g/mol. The Hall–Kier alpha value is -3.26. The predicted octanol–water partition coefficient (Wildman–Crippen LogP) is 6.61. The Morgan fingerprint density at radius 1 is 1.13 bits per heavy atom. The van der Waals surface area contributed by atoms with E-state index in [2.05, 4.69) is 22.4 Å². The number of hydrogen-bond acceptors (Lipinski definition) is 5. The molecular weight excluding hydrogens is 514 g/mol. The number of rotatable bonds is 13. The van der Waals surface area contributed by atoms with Crippen molar-refractivity contribution in [1.29, 1.82) is 0 Å². The third kappa shape index (κ3) is 6.32. The molecule has 1 aromatic heterocycles. The molecule has 8 heteroatoms. The maximum Gasteiger partial charge on any atom is 0.304 e. The van der Waals surface area contributed by atoms with Gasteiger partial charge >= 0.3 is 5.97 Å². The third-order valence-electron chi connectivity index (χ3n) is 7.53. The summed E-state index contributed by atoms with van der Waals surface area (Å²) >= 11 is 6.34. The number of unbranched alkanes of at least 4 members (excludes halogenated alkanes) is 1. The topological polar surface area (TPSA) is 97.5 Å². The molecule has 7 nitrogen and oxygen atoms in total. The van der Waals surface area contributed by atoms with Crippen molar-refractivity contribution in [2.75, 3.05) is 6.61 Å². The van der Waals surface area contributed by atoms with E-state index < -0.39 is 17.5 Å². The van der Waals surface area contributed by atoms with E-state index in [4.69, 9.17) is 16.3 Å². The fraction of sp³-hybridized carbons (Fsp3) is 0.387. The summed E-state index contributed by atoms with van der Waals surface area (Å²) in [4.78, 5) is 12.1. The van der Waals surface area contributed by atoms with Crippen LogP contribution >= 0.6 is 11.6 Å². The van der Waals surface area contributed by atoms with E-state index in [-0.39, 0.29) is 6.42 Å². The molecule has 2 N–H and O–H groups in total. The van der Waals surface area contributed by atoms with E-state index >= 15 is 0 Å². The number of aliphatic hydroxyl groups excluding tert-OH is 1. The van der Waals surface area contributed by atoms with Crippen LogP contribution in [0.3, 0.4) is 0 Å². The second kappa shape index (κ2) is 12.7. The summed E-state index contributed by atoms with van der Waals surface area (Å²) in [6.07, 6.45) is 1.48. The number of carboxylic acid groups (broad SMARTS) is 1. The van der Waals surface area contributed by atoms with Crippen LogP contribution in [0.5, 0.6) is 0 Å². The lowest BCUT2D eigenvalue weighted by Crippen LogP contribution is -2.31. The van der Waals surface area contributed by atoms with Gasteiger partial charge in [-0.3, -0.25) is 4.79 Å². The van der Waals surface area contributed by atoms with Crippen LogP contribution in [-0.4, -0.2) is 37.8 Å². The highest BCUT2D eigenvalue weighted by Crippen LogP contribution is 2.43. The lowest BCUT2D eigenvalue weighted by molar-refractivity contribution is -0.138. The zero-order valence-electron chi connectivity index (χ0n) is 22.7. The normalized spacial score (nSPS) is 13.9. The highest BCUT2D eigenvalue weighted by Gasteiger charge is 2.37. The number of carboxylic acids is 1. The van der Waals surface area contributed by atoms with Gasteiger partial charge in [0.1, 0.15) is 5.52 Å². The van der Waals surface area contributed by atoms with Crippen molar-refractivity contribution in [2.24, 2.45) is 0 Å². The fourth-order valence-electron chi connectivity index (χ4n) is 5.37. The lowest BCUT2D eigenvalue weighted by atomic mass is 9.68. The van der Waals surface area contributed by atoms with Gasteiger partial charge in [0.2, 0.25) is 0 Å². The Morgan fingerprint density at radius 3 is 2.59 bits per heavy atom. The van der Waals surface area contributed by atoms with Gasteiger partial charge in [-0.05, 0) is 73.1 Å². The fourth-order valence-corrected chi connectivity index (χ4v) is 5.65. The number of benzene rings is 3. The van der Waals surface area contributed by atoms with Crippen LogP contribution in [0, 0.1) is 6.92 Å². The molecule has 39 heavy (non-hydrogen) atoms. The number of aliphatic carboxylic acids is 1. The molecule has 1 unspecified atom stereocenters. The number of aromatic nitrogens is 3. The highest BCUT2D eigenvalue weighted by molar-refractivity contribution is 6.31. The summed E-state index contributed by atoms with van der Waals surface area (Å²) in [7, 11) is 0. The molecule has 3 aromatic carbocycles. The van der Waals surface area contributed by atoms with Crippen molar-refractivity contribution < 1.29 is 19.7 Å². The standard InChI is InChI=1S/C31H36ClN3O4/c1-4-31(19-29(37)38,24-12-14-27(32)25(18-24)22(3)36)26-13-15-28-30(21(26)2)33-34-35(28)16-8-9-17-39-20-23-10-6-5-7-11-23/h5-7,10-15,18,22,36H,4,8-9,16-17,19-20H2,1-3H3,(H,37,38)/t22-,31?/m0/s1. The monoisotopic (exact) mass is 549 g/mol. The maximum absolute atomic E-state index is 12.1. The van der Waals surface area contributed by atoms with E-state index in [1.54, 1.807) is 13.0 Å². The van der Waals surface area contributed by atoms with E-state index in [0.717, 1.165) is 46.1 Å². The number of halogens is 1. The van der Waals surface area contributed by atoms with Gasteiger partial charge < -0.3 is 14.9 Å². The lowest BCUT2D eigenvalue weighted by Gasteiger charge is -2.35. The molecule has 206 valence electrons. The molecule has 0 fully saturated rings. The molecule has 4 aromatic rings. The molecular formula is C31H36ClN3O4. The van der Waals surface area contributed by atoms with Crippen molar-refractivity contribution in [3.05, 3.63) is 93.5 Å². The molecule has 2 atom stereocenters. The number of aliphatic hydroxyl groups is 1. The number of aryl methyl sites for hydroxylation is 2. The molecule has 0 saturated heterocycles. The summed E-state index contributed by atoms with van der Waals surface area (Å²) in [5.41, 5.74) is 5.20. The van der Waals surface area contributed by atoms with Crippen molar-refractivity contribution in [2.45, 2.75) is 71.1 Å². The minimum atomic E-state index is -0.900. The summed E-state index contributed by atoms with van der Waals surface area (Å²) in [6, 6.07) is 19.6. The Kier molecular flexibility index (Phi) is 9.38. The zero-order chi connectivity index (χ0) is 28.0. The second-order valence-corrected chi connectivity index (χ2v) is 10.5. The van der Waals surface area contributed by atoms with Gasteiger partial charge in [-0.2, -0.15) is 0 Å². The first-order chi connectivity index (χ1) is 18.8. The van der Waals surface area contributed by atoms with Crippen LogP contribution in [0.15, 0.2) is 60.7 Å². The van der Waals surface area contributed by atoms with E-state index in [1.807, 2.05) is 61.0 Å². The first-order valence-electron chi connectivity index (χ1n) is 13.4. The van der Waals surface area contributed by atoms with Gasteiger partial charge in [0.25, 0.3) is 0 Å². The summed E-state index contributed by atoms with van der Waals surface area (Å²) in [5.74, 6) is -0.900. The Balaban J connectivity index is 1.56. The first kappa shape index (κ1) is 28.7. The third-order valence-corrected chi connectivity index (χ3v) is 7.88. The second-order valence-electron chi connectivity index (χ2n) is 10.1. The molecule has 0 aliphatic heterocycles. The Morgan fingerprint density at radius 2 is 1.90 bits per heavy atom.